The fourth-order valence-electron chi connectivity index (χ4n) is 3.03. The summed E-state index contributed by atoms with van der Waals surface area (Å²) in [7, 11) is 1.50. The predicted molar refractivity (Wildman–Crippen MR) is 107 cm³/mol. The van der Waals surface area contributed by atoms with E-state index in [1.807, 2.05) is 24.3 Å². The first kappa shape index (κ1) is 20.0. The minimum atomic E-state index is -0.715. The first-order valence-corrected chi connectivity index (χ1v) is 9.02. The third-order valence-corrected chi connectivity index (χ3v) is 4.48. The van der Waals surface area contributed by atoms with Gasteiger partial charge in [0.25, 0.3) is 5.91 Å². The molecule has 2 aromatic carbocycles. The smallest absolute Gasteiger partial charge is 0.375 e. The molecule has 0 atom stereocenters. The van der Waals surface area contributed by atoms with Gasteiger partial charge in [-0.2, -0.15) is 5.26 Å². The zero-order valence-corrected chi connectivity index (χ0v) is 16.2. The van der Waals surface area contributed by atoms with Crippen molar-refractivity contribution in [3.8, 4) is 11.8 Å². The average Bonchev–Trinajstić information content (AvgIpc) is 3.09. The van der Waals surface area contributed by atoms with Gasteiger partial charge in [0.15, 0.2) is 6.61 Å². The van der Waals surface area contributed by atoms with E-state index in [9.17, 15) is 9.59 Å². The fraction of sp³-hybridized carbons (Fsp3) is 0.227. The molecule has 0 spiro atoms. The number of nitrogens with zero attached hydrogens (tertiary/aromatic N) is 2. The van der Waals surface area contributed by atoms with Crippen LogP contribution in [0.1, 0.15) is 22.5 Å². The van der Waals surface area contributed by atoms with Gasteiger partial charge in [-0.1, -0.05) is 30.3 Å². The molecule has 0 radical (unpaired) electrons. The Bertz CT molecular complexity index is 1080. The number of nitriles is 1. The van der Waals surface area contributed by atoms with E-state index >= 15 is 0 Å². The van der Waals surface area contributed by atoms with Gasteiger partial charge in [-0.15, -0.1) is 0 Å². The first-order valence-electron chi connectivity index (χ1n) is 9.02. The summed E-state index contributed by atoms with van der Waals surface area (Å²) >= 11 is 0. The summed E-state index contributed by atoms with van der Waals surface area (Å²) in [6, 6.07) is 16.2. The Morgan fingerprint density at radius 3 is 2.59 bits per heavy atom. The van der Waals surface area contributed by atoms with Crippen molar-refractivity contribution in [2.75, 3.05) is 25.2 Å². The standard InChI is InChI=1S/C22H20N2O5/c1-15-16-8-3-5-10-18(16)29-21(15)22(26)28-14-20(25)24(13-7-12-23)17-9-4-6-11-19(17)27-2/h3-6,8-11H,7,13-14H2,1-2H3. The Hall–Kier alpha value is -3.79. The summed E-state index contributed by atoms with van der Waals surface area (Å²) in [5.41, 5.74) is 1.74. The van der Waals surface area contributed by atoms with Crippen LogP contribution >= 0.6 is 0 Å². The third kappa shape index (κ3) is 4.22. The molecule has 7 nitrogen and oxygen atoms in total. The van der Waals surface area contributed by atoms with E-state index in [0.717, 1.165) is 5.39 Å². The Kier molecular flexibility index (Phi) is 6.15. The third-order valence-electron chi connectivity index (χ3n) is 4.48. The molecule has 1 amide bonds. The number of hydrogen-bond donors (Lipinski definition) is 0. The molecule has 0 saturated carbocycles. The van der Waals surface area contributed by atoms with Crippen LogP contribution in [0.4, 0.5) is 5.69 Å². The highest BCUT2D eigenvalue weighted by Crippen LogP contribution is 2.28. The molecule has 29 heavy (non-hydrogen) atoms. The van der Waals surface area contributed by atoms with Crippen LogP contribution in [0.25, 0.3) is 11.0 Å². The lowest BCUT2D eigenvalue weighted by atomic mass is 10.1. The Morgan fingerprint density at radius 1 is 1.14 bits per heavy atom. The molecule has 0 aliphatic carbocycles. The second-order valence-electron chi connectivity index (χ2n) is 6.25. The number of carbonyl (C=O) groups is 2. The lowest BCUT2D eigenvalue weighted by molar-refractivity contribution is -0.121. The van der Waals surface area contributed by atoms with Crippen LogP contribution in [0.3, 0.4) is 0 Å². The first-order chi connectivity index (χ1) is 14.1. The van der Waals surface area contributed by atoms with Gasteiger partial charge >= 0.3 is 5.97 Å². The van der Waals surface area contributed by atoms with Crippen molar-refractivity contribution >= 4 is 28.5 Å². The number of benzene rings is 2. The molecule has 0 aliphatic heterocycles. The van der Waals surface area contributed by atoms with Gasteiger partial charge in [0.1, 0.15) is 11.3 Å². The highest BCUT2D eigenvalue weighted by atomic mass is 16.5. The minimum absolute atomic E-state index is 0.0693. The molecule has 3 aromatic rings. The van der Waals surface area contributed by atoms with Gasteiger partial charge in [-0.25, -0.2) is 4.79 Å². The molecule has 1 aromatic heterocycles. The van der Waals surface area contributed by atoms with E-state index in [-0.39, 0.29) is 18.7 Å². The predicted octanol–water partition coefficient (Wildman–Crippen LogP) is 3.85. The molecule has 0 saturated heterocycles. The molecule has 7 heteroatoms. The number of ether oxygens (including phenoxy) is 2. The van der Waals surface area contributed by atoms with E-state index in [1.165, 1.54) is 12.0 Å². The number of esters is 1. The molecular formula is C22H20N2O5. The molecular weight excluding hydrogens is 372 g/mol. The van der Waals surface area contributed by atoms with Crippen molar-refractivity contribution in [2.24, 2.45) is 0 Å². The maximum absolute atomic E-state index is 12.8. The van der Waals surface area contributed by atoms with E-state index in [2.05, 4.69) is 0 Å². The van der Waals surface area contributed by atoms with Gasteiger partial charge in [0, 0.05) is 17.5 Å². The molecule has 0 bridgehead atoms. The number of hydrogen-bond acceptors (Lipinski definition) is 6. The average molecular weight is 392 g/mol. The van der Waals surface area contributed by atoms with E-state index < -0.39 is 18.5 Å². The summed E-state index contributed by atoms with van der Waals surface area (Å²) < 4.78 is 16.1. The van der Waals surface area contributed by atoms with Crippen molar-refractivity contribution < 1.29 is 23.5 Å². The second-order valence-corrected chi connectivity index (χ2v) is 6.25. The molecule has 0 N–H and O–H groups in total. The summed E-state index contributed by atoms with van der Waals surface area (Å²) in [6.45, 7) is 1.42. The van der Waals surface area contributed by atoms with Gasteiger partial charge in [-0.3, -0.25) is 4.79 Å². The number of carbonyl (C=O) groups excluding carboxylic acids is 2. The topological polar surface area (TPSA) is 92.8 Å². The summed E-state index contributed by atoms with van der Waals surface area (Å²) in [5.74, 6) is -0.628. The van der Waals surface area contributed by atoms with Crippen LogP contribution in [0.15, 0.2) is 52.9 Å². The van der Waals surface area contributed by atoms with Crippen molar-refractivity contribution in [3.63, 3.8) is 0 Å². The maximum atomic E-state index is 12.8. The molecule has 1 heterocycles. The normalized spacial score (nSPS) is 10.4. The van der Waals surface area contributed by atoms with Crippen molar-refractivity contribution in [3.05, 3.63) is 59.9 Å². The number of amides is 1. The monoisotopic (exact) mass is 392 g/mol. The zero-order chi connectivity index (χ0) is 20.8. The summed E-state index contributed by atoms with van der Waals surface area (Å²) in [6.07, 6.45) is 0.125. The van der Waals surface area contributed by atoms with Crippen molar-refractivity contribution in [2.45, 2.75) is 13.3 Å². The number of anilines is 1. The Morgan fingerprint density at radius 2 is 1.86 bits per heavy atom. The molecule has 0 fully saturated rings. The zero-order valence-electron chi connectivity index (χ0n) is 16.2. The van der Waals surface area contributed by atoms with Gasteiger partial charge in [0.2, 0.25) is 5.76 Å². The lowest BCUT2D eigenvalue weighted by Gasteiger charge is -2.23. The van der Waals surface area contributed by atoms with Gasteiger partial charge in [-0.05, 0) is 25.1 Å². The number of furan rings is 1. The fourth-order valence-corrected chi connectivity index (χ4v) is 3.03. The minimum Gasteiger partial charge on any atom is -0.495 e. The van der Waals surface area contributed by atoms with Crippen LogP contribution in [-0.2, 0) is 9.53 Å². The van der Waals surface area contributed by atoms with Crippen LogP contribution in [0, 0.1) is 18.3 Å². The molecule has 0 unspecified atom stereocenters. The van der Waals surface area contributed by atoms with Crippen molar-refractivity contribution in [1.82, 2.24) is 0 Å². The second kappa shape index (κ2) is 8.93. The SMILES string of the molecule is COc1ccccc1N(CCC#N)C(=O)COC(=O)c1oc2ccccc2c1C. The Balaban J connectivity index is 1.76. The van der Waals surface area contributed by atoms with Crippen LogP contribution < -0.4 is 9.64 Å². The lowest BCUT2D eigenvalue weighted by Crippen LogP contribution is -2.35. The van der Waals surface area contributed by atoms with E-state index in [0.29, 0.717) is 22.6 Å². The Labute approximate surface area is 168 Å². The summed E-state index contributed by atoms with van der Waals surface area (Å²) in [4.78, 5) is 26.6. The van der Waals surface area contributed by atoms with Crippen LogP contribution in [-0.4, -0.2) is 32.1 Å². The number of aryl methyl sites for hydroxylation is 1. The van der Waals surface area contributed by atoms with E-state index in [1.54, 1.807) is 37.3 Å². The number of para-hydroxylation sites is 3. The van der Waals surface area contributed by atoms with E-state index in [4.69, 9.17) is 19.2 Å². The number of methoxy groups -OCH3 is 1. The number of fused-ring (bicyclic) bond motifs is 1. The summed E-state index contributed by atoms with van der Waals surface area (Å²) in [5, 5.41) is 9.74. The largest absolute Gasteiger partial charge is 0.495 e. The molecule has 148 valence electrons. The quantitative estimate of drug-likeness (QED) is 0.567. The van der Waals surface area contributed by atoms with Gasteiger partial charge in [0.05, 0.1) is 25.3 Å². The van der Waals surface area contributed by atoms with Gasteiger partial charge < -0.3 is 18.8 Å². The van der Waals surface area contributed by atoms with Crippen LogP contribution in [0.5, 0.6) is 5.75 Å². The van der Waals surface area contributed by atoms with Crippen molar-refractivity contribution in [1.29, 1.82) is 5.26 Å². The van der Waals surface area contributed by atoms with Crippen LogP contribution in [0.2, 0.25) is 0 Å². The molecule has 3 rings (SSSR count). The molecule has 0 aliphatic rings. The highest BCUT2D eigenvalue weighted by Gasteiger charge is 2.23. The number of rotatable bonds is 7. The highest BCUT2D eigenvalue weighted by molar-refractivity contribution is 5.99. The maximum Gasteiger partial charge on any atom is 0.375 e.